The summed E-state index contributed by atoms with van der Waals surface area (Å²) in [6, 6.07) is 64.6. The van der Waals surface area contributed by atoms with Gasteiger partial charge in [0.1, 0.15) is 11.2 Å². The molecule has 2 heterocycles. The van der Waals surface area contributed by atoms with E-state index in [4.69, 9.17) is 4.42 Å². The van der Waals surface area contributed by atoms with E-state index in [0.29, 0.717) is 22.5 Å². The molecule has 0 bridgehead atoms. The Morgan fingerprint density at radius 2 is 1.07 bits per heavy atom. The fraction of sp³-hybridized carbons (Fsp3) is 0. The SMILES string of the molecule is [2H]c1c([2H])c(N(c2cccc(-c3ccc4ccccc4c3)c2)c2cccc3oc4c5ccccc5ccc4c23)c([2H])c([2H])c1-c1ccccc1-n1c2ccccc2c2ccccc21. The summed E-state index contributed by atoms with van der Waals surface area (Å²) in [4.78, 5) is 1.89. The Hall–Kier alpha value is -7.88. The van der Waals surface area contributed by atoms with E-state index < -0.39 is 0 Å². The molecule has 0 spiro atoms. The third-order valence-electron chi connectivity index (χ3n) is 11.6. The minimum absolute atomic E-state index is 0.134. The normalized spacial score (nSPS) is 12.7. The molecule has 0 atom stereocenters. The molecule has 0 N–H and O–H groups in total. The van der Waals surface area contributed by atoms with E-state index >= 15 is 0 Å². The van der Waals surface area contributed by atoms with Gasteiger partial charge in [-0.3, -0.25) is 0 Å². The summed E-state index contributed by atoms with van der Waals surface area (Å²) >= 11 is 0. The molecule has 59 heavy (non-hydrogen) atoms. The highest BCUT2D eigenvalue weighted by Gasteiger charge is 2.22. The van der Waals surface area contributed by atoms with Crippen LogP contribution in [0.25, 0.3) is 93.2 Å². The van der Waals surface area contributed by atoms with Crippen molar-refractivity contribution in [2.24, 2.45) is 0 Å². The molecule has 0 aliphatic heterocycles. The van der Waals surface area contributed by atoms with Crippen molar-refractivity contribution in [1.82, 2.24) is 4.57 Å². The quantitative estimate of drug-likeness (QED) is 0.168. The Labute approximate surface area is 346 Å². The third kappa shape index (κ3) is 5.36. The summed E-state index contributed by atoms with van der Waals surface area (Å²) in [6.07, 6.45) is 0. The zero-order chi connectivity index (χ0) is 42.3. The van der Waals surface area contributed by atoms with Crippen LogP contribution in [0.3, 0.4) is 0 Å². The van der Waals surface area contributed by atoms with E-state index in [1.54, 1.807) is 0 Å². The first-order chi connectivity index (χ1) is 30.9. The number of furan rings is 1. The van der Waals surface area contributed by atoms with Crippen LogP contribution in [0.1, 0.15) is 5.48 Å². The first kappa shape index (κ1) is 29.4. The average Bonchev–Trinajstić information content (AvgIpc) is 3.89. The topological polar surface area (TPSA) is 21.3 Å². The Morgan fingerprint density at radius 1 is 0.424 bits per heavy atom. The third-order valence-corrected chi connectivity index (χ3v) is 11.6. The second-order valence-corrected chi connectivity index (χ2v) is 15.0. The van der Waals surface area contributed by atoms with Gasteiger partial charge in [-0.2, -0.15) is 0 Å². The highest BCUT2D eigenvalue weighted by Crippen LogP contribution is 2.46. The van der Waals surface area contributed by atoms with Gasteiger partial charge in [0.2, 0.25) is 0 Å². The summed E-state index contributed by atoms with van der Waals surface area (Å²) < 4.78 is 48.4. The van der Waals surface area contributed by atoms with Crippen molar-refractivity contribution in [3.63, 3.8) is 0 Å². The number of aromatic nitrogens is 1. The summed E-state index contributed by atoms with van der Waals surface area (Å²) in [5.74, 6) is 0. The van der Waals surface area contributed by atoms with Crippen molar-refractivity contribution in [3.05, 3.63) is 218 Å². The fourth-order valence-corrected chi connectivity index (χ4v) is 8.92. The molecule has 0 aliphatic rings. The van der Waals surface area contributed by atoms with E-state index in [-0.39, 0.29) is 35.4 Å². The molecule has 0 unspecified atom stereocenters. The number of nitrogens with zero attached hydrogens (tertiary/aromatic N) is 2. The van der Waals surface area contributed by atoms with Gasteiger partial charge in [-0.1, -0.05) is 152 Å². The van der Waals surface area contributed by atoms with Gasteiger partial charge in [0.15, 0.2) is 0 Å². The summed E-state index contributed by atoms with van der Waals surface area (Å²) in [7, 11) is 0. The van der Waals surface area contributed by atoms with Gasteiger partial charge < -0.3 is 13.9 Å². The van der Waals surface area contributed by atoms with Crippen LogP contribution in [0.5, 0.6) is 0 Å². The highest BCUT2D eigenvalue weighted by molar-refractivity contribution is 6.19. The Kier molecular flexibility index (Phi) is 6.65. The average molecular weight is 757 g/mol. The first-order valence-corrected chi connectivity index (χ1v) is 19.9. The minimum atomic E-state index is -0.158. The molecule has 10 aromatic carbocycles. The number of anilines is 3. The lowest BCUT2D eigenvalue weighted by atomic mass is 9.99. The lowest BCUT2D eigenvalue weighted by molar-refractivity contribution is 0.672. The van der Waals surface area contributed by atoms with Gasteiger partial charge in [-0.05, 0) is 99.5 Å². The zero-order valence-electron chi connectivity index (χ0n) is 35.8. The van der Waals surface area contributed by atoms with Gasteiger partial charge in [-0.15, -0.1) is 0 Å². The van der Waals surface area contributed by atoms with Crippen molar-refractivity contribution in [2.45, 2.75) is 0 Å². The smallest absolute Gasteiger partial charge is 0.143 e. The molecule has 0 saturated heterocycles. The van der Waals surface area contributed by atoms with E-state index in [1.165, 1.54) is 0 Å². The molecular weight excluding hydrogens is 717 g/mol. The van der Waals surface area contributed by atoms with E-state index in [2.05, 4.69) is 95.6 Å². The lowest BCUT2D eigenvalue weighted by Gasteiger charge is -2.27. The maximum Gasteiger partial charge on any atom is 0.143 e. The van der Waals surface area contributed by atoms with Crippen LogP contribution in [-0.2, 0) is 0 Å². The van der Waals surface area contributed by atoms with Gasteiger partial charge in [0.25, 0.3) is 0 Å². The second kappa shape index (κ2) is 13.4. The van der Waals surface area contributed by atoms with E-state index in [0.717, 1.165) is 76.5 Å². The van der Waals surface area contributed by atoms with Crippen molar-refractivity contribution >= 4 is 82.4 Å². The maximum absolute atomic E-state index is 9.95. The molecule has 276 valence electrons. The summed E-state index contributed by atoms with van der Waals surface area (Å²) in [6.45, 7) is 0. The van der Waals surface area contributed by atoms with Crippen LogP contribution in [-0.4, -0.2) is 4.57 Å². The lowest BCUT2D eigenvalue weighted by Crippen LogP contribution is -2.10. The molecular formula is C56H36N2O. The molecule has 12 rings (SSSR count). The van der Waals surface area contributed by atoms with Crippen molar-refractivity contribution < 1.29 is 9.90 Å². The predicted octanol–water partition coefficient (Wildman–Crippen LogP) is 15.8. The van der Waals surface area contributed by atoms with Crippen LogP contribution in [0.15, 0.2) is 223 Å². The number of rotatable bonds is 6. The first-order valence-electron chi connectivity index (χ1n) is 21.9. The Bertz CT molecular complexity index is 3750. The molecule has 0 saturated carbocycles. The van der Waals surface area contributed by atoms with Crippen LogP contribution in [0, 0.1) is 0 Å². The van der Waals surface area contributed by atoms with Crippen LogP contribution >= 0.6 is 0 Å². The number of hydrogen-bond donors (Lipinski definition) is 0. The predicted molar refractivity (Wildman–Crippen MR) is 249 cm³/mol. The number of fused-ring (bicyclic) bond motifs is 9. The van der Waals surface area contributed by atoms with Gasteiger partial charge >= 0.3 is 0 Å². The Morgan fingerprint density at radius 3 is 1.88 bits per heavy atom. The second-order valence-electron chi connectivity index (χ2n) is 15.0. The molecule has 3 nitrogen and oxygen atoms in total. The number of benzene rings is 10. The fourth-order valence-electron chi connectivity index (χ4n) is 8.92. The highest BCUT2D eigenvalue weighted by atomic mass is 16.3. The van der Waals surface area contributed by atoms with Crippen molar-refractivity contribution in [2.75, 3.05) is 4.90 Å². The molecule has 0 aliphatic carbocycles. The standard InChI is InChI=1S/C56H36N2O/c1-2-15-40-35-42(28-27-37(40)13-1)41-16-11-17-44(36-41)57(53-25-12-26-54-55(53)49-34-31-38-14-3-4-19-46(38)56(49)59-54)43-32-29-39(30-33-43)45-18-5-8-22-50(45)58-51-23-9-6-20-47(51)48-21-7-10-24-52(48)58/h1-36H/i29D,30D,32D,33D. The Balaban J connectivity index is 1.12. The maximum atomic E-state index is 9.95. The zero-order valence-corrected chi connectivity index (χ0v) is 31.8. The largest absolute Gasteiger partial charge is 0.455 e. The summed E-state index contributed by atoms with van der Waals surface area (Å²) in [5.41, 5.74) is 8.45. The molecule has 0 fully saturated rings. The van der Waals surface area contributed by atoms with Crippen molar-refractivity contribution in [3.8, 4) is 27.9 Å². The molecule has 0 amide bonds. The number of para-hydroxylation sites is 3. The van der Waals surface area contributed by atoms with Gasteiger partial charge in [0, 0.05) is 38.5 Å². The van der Waals surface area contributed by atoms with Gasteiger partial charge in [0.05, 0.1) is 33.3 Å². The monoisotopic (exact) mass is 756 g/mol. The van der Waals surface area contributed by atoms with Gasteiger partial charge in [-0.25, -0.2) is 0 Å². The molecule has 12 aromatic rings. The minimum Gasteiger partial charge on any atom is -0.455 e. The van der Waals surface area contributed by atoms with Crippen LogP contribution in [0.4, 0.5) is 17.1 Å². The van der Waals surface area contributed by atoms with Crippen molar-refractivity contribution in [1.29, 1.82) is 0 Å². The van der Waals surface area contributed by atoms with E-state index in [9.17, 15) is 5.48 Å². The number of hydrogen-bond acceptors (Lipinski definition) is 2. The molecule has 3 heteroatoms. The van der Waals surface area contributed by atoms with Crippen LogP contribution in [0.2, 0.25) is 0 Å². The molecule has 2 aromatic heterocycles. The molecule has 0 radical (unpaired) electrons. The summed E-state index contributed by atoms with van der Waals surface area (Å²) in [5, 5.41) is 8.19. The van der Waals surface area contributed by atoms with Crippen LogP contribution < -0.4 is 4.90 Å². The van der Waals surface area contributed by atoms with E-state index in [1.807, 2.05) is 108 Å².